The highest BCUT2D eigenvalue weighted by atomic mass is 19.1. The van der Waals surface area contributed by atoms with Gasteiger partial charge >= 0.3 is 0 Å². The number of aryl methyl sites for hydroxylation is 1. The van der Waals surface area contributed by atoms with E-state index in [1.165, 1.54) is 6.07 Å². The van der Waals surface area contributed by atoms with Crippen LogP contribution in [0.4, 0.5) is 4.39 Å². The van der Waals surface area contributed by atoms with Crippen molar-refractivity contribution in [2.75, 3.05) is 13.1 Å². The highest BCUT2D eigenvalue weighted by Crippen LogP contribution is 2.16. The Morgan fingerprint density at radius 2 is 2.00 bits per heavy atom. The van der Waals surface area contributed by atoms with Gasteiger partial charge in [-0.15, -0.1) is 0 Å². The molecular weight excluding hydrogens is 383 g/mol. The zero-order chi connectivity index (χ0) is 20.9. The van der Waals surface area contributed by atoms with Crippen LogP contribution in [0.3, 0.4) is 0 Å². The fourth-order valence-electron chi connectivity index (χ4n) is 3.95. The lowest BCUT2D eigenvalue weighted by Gasteiger charge is -2.33. The molecule has 0 bridgehead atoms. The fourth-order valence-corrected chi connectivity index (χ4v) is 3.95. The molecule has 7 heteroatoms. The minimum absolute atomic E-state index is 0.0286. The molecule has 156 valence electrons. The van der Waals surface area contributed by atoms with E-state index >= 15 is 0 Å². The summed E-state index contributed by atoms with van der Waals surface area (Å²) in [6.07, 6.45) is 2.34. The molecule has 2 N–H and O–H groups in total. The molecule has 0 spiro atoms. The summed E-state index contributed by atoms with van der Waals surface area (Å²) in [5.74, 6) is -0.293. The summed E-state index contributed by atoms with van der Waals surface area (Å²) in [5, 5.41) is 3.06. The quantitative estimate of drug-likeness (QED) is 0.658. The van der Waals surface area contributed by atoms with Gasteiger partial charge in [-0.1, -0.05) is 30.3 Å². The summed E-state index contributed by atoms with van der Waals surface area (Å²) in [5.41, 5.74) is 2.19. The maximum Gasteiger partial charge on any atom is 0.270 e. The first kappa shape index (κ1) is 20.2. The van der Waals surface area contributed by atoms with E-state index in [0.717, 1.165) is 19.4 Å². The van der Waals surface area contributed by atoms with Crippen LogP contribution in [0.5, 0.6) is 0 Å². The van der Waals surface area contributed by atoms with Crippen molar-refractivity contribution in [3.05, 3.63) is 76.0 Å². The largest absolute Gasteiger partial charge is 0.352 e. The molecule has 1 aliphatic heterocycles. The van der Waals surface area contributed by atoms with Gasteiger partial charge in [-0.2, -0.15) is 0 Å². The zero-order valence-corrected chi connectivity index (χ0v) is 16.7. The van der Waals surface area contributed by atoms with E-state index in [1.54, 1.807) is 18.2 Å². The van der Waals surface area contributed by atoms with Crippen LogP contribution in [0.15, 0.2) is 53.3 Å². The highest BCUT2D eigenvalue weighted by Gasteiger charge is 2.22. The first-order valence-electron chi connectivity index (χ1n) is 10.3. The molecule has 1 atom stereocenters. The monoisotopic (exact) mass is 408 g/mol. The molecular formula is C23H25FN4O2. The second-order valence-electron chi connectivity index (χ2n) is 7.76. The molecule has 2 heterocycles. The summed E-state index contributed by atoms with van der Waals surface area (Å²) in [4.78, 5) is 34.0. The van der Waals surface area contributed by atoms with E-state index in [1.807, 2.05) is 24.3 Å². The van der Waals surface area contributed by atoms with Crippen molar-refractivity contribution in [1.82, 2.24) is 20.2 Å². The van der Waals surface area contributed by atoms with Gasteiger partial charge in [0.1, 0.15) is 11.5 Å². The highest BCUT2D eigenvalue weighted by molar-refractivity contribution is 5.77. The first-order valence-corrected chi connectivity index (χ1v) is 10.3. The van der Waals surface area contributed by atoms with Crippen molar-refractivity contribution in [2.45, 2.75) is 38.3 Å². The number of fused-ring (bicyclic) bond motifs is 1. The number of aromatic nitrogens is 2. The summed E-state index contributed by atoms with van der Waals surface area (Å²) in [7, 11) is 0. The number of benzene rings is 2. The van der Waals surface area contributed by atoms with Crippen LogP contribution in [0, 0.1) is 5.82 Å². The number of piperidine rings is 1. The molecule has 1 aromatic heterocycles. The van der Waals surface area contributed by atoms with Crippen LogP contribution in [0.1, 0.15) is 30.5 Å². The Hall–Kier alpha value is -3.06. The summed E-state index contributed by atoms with van der Waals surface area (Å²) in [6, 6.07) is 14.2. The Labute approximate surface area is 174 Å². The van der Waals surface area contributed by atoms with Crippen LogP contribution in [-0.2, 0) is 17.8 Å². The number of halogens is 1. The van der Waals surface area contributed by atoms with E-state index in [2.05, 4.69) is 20.2 Å². The number of nitrogens with zero attached hydrogens (tertiary/aromatic N) is 2. The number of para-hydroxylation sites is 2. The van der Waals surface area contributed by atoms with Crippen molar-refractivity contribution in [2.24, 2.45) is 0 Å². The van der Waals surface area contributed by atoms with Gasteiger partial charge in [0.2, 0.25) is 5.91 Å². The third kappa shape index (κ3) is 4.91. The number of hydrogen-bond acceptors (Lipinski definition) is 4. The van der Waals surface area contributed by atoms with Crippen molar-refractivity contribution in [3.8, 4) is 0 Å². The Morgan fingerprint density at radius 1 is 1.20 bits per heavy atom. The van der Waals surface area contributed by atoms with E-state index in [9.17, 15) is 14.0 Å². The van der Waals surface area contributed by atoms with Crippen LogP contribution < -0.4 is 10.9 Å². The van der Waals surface area contributed by atoms with Gasteiger partial charge in [-0.3, -0.25) is 14.5 Å². The molecule has 4 rings (SSSR count). The van der Waals surface area contributed by atoms with Gasteiger partial charge in [0.15, 0.2) is 0 Å². The number of nitrogens with one attached hydrogen (secondary N) is 2. The van der Waals surface area contributed by atoms with Crippen molar-refractivity contribution in [3.63, 3.8) is 0 Å². The standard InChI is InChI=1S/C23H25FN4O2/c24-18-8-2-1-6-16(18)14-28-13-5-7-17(15-28)25-22(29)12-11-21-23(30)27-20-10-4-3-9-19(20)26-21/h1-4,6,8-10,17H,5,7,11-15H2,(H,25,29)(H,27,30)/t17-/m1/s1. The van der Waals surface area contributed by atoms with Gasteiger partial charge < -0.3 is 10.3 Å². The summed E-state index contributed by atoms with van der Waals surface area (Å²) in [6.45, 7) is 2.11. The van der Waals surface area contributed by atoms with Crippen LogP contribution in [0.25, 0.3) is 11.0 Å². The van der Waals surface area contributed by atoms with Crippen molar-refractivity contribution < 1.29 is 9.18 Å². The molecule has 1 fully saturated rings. The molecule has 1 aliphatic rings. The van der Waals surface area contributed by atoms with Gasteiger partial charge in [0.25, 0.3) is 5.56 Å². The molecule has 2 aromatic carbocycles. The summed E-state index contributed by atoms with van der Waals surface area (Å²) >= 11 is 0. The summed E-state index contributed by atoms with van der Waals surface area (Å²) < 4.78 is 13.9. The molecule has 1 amide bonds. The van der Waals surface area contributed by atoms with E-state index < -0.39 is 0 Å². The maximum absolute atomic E-state index is 13.9. The lowest BCUT2D eigenvalue weighted by atomic mass is 10.0. The zero-order valence-electron chi connectivity index (χ0n) is 16.7. The van der Waals surface area contributed by atoms with Crippen molar-refractivity contribution in [1.29, 1.82) is 0 Å². The van der Waals surface area contributed by atoms with E-state index in [0.29, 0.717) is 35.4 Å². The Kier molecular flexibility index (Phi) is 6.18. The average molecular weight is 408 g/mol. The number of hydrogen-bond donors (Lipinski definition) is 2. The topological polar surface area (TPSA) is 78.1 Å². The van der Waals surface area contributed by atoms with Crippen molar-refractivity contribution >= 4 is 16.9 Å². The predicted octanol–water partition coefficient (Wildman–Crippen LogP) is 2.78. The molecule has 0 saturated carbocycles. The Morgan fingerprint density at radius 3 is 2.87 bits per heavy atom. The molecule has 6 nitrogen and oxygen atoms in total. The number of carbonyl (C=O) groups excluding carboxylic acids is 1. The third-order valence-corrected chi connectivity index (χ3v) is 5.48. The lowest BCUT2D eigenvalue weighted by Crippen LogP contribution is -2.47. The normalized spacial score (nSPS) is 17.2. The van der Waals surface area contributed by atoms with Crippen LogP contribution >= 0.6 is 0 Å². The lowest BCUT2D eigenvalue weighted by molar-refractivity contribution is -0.122. The smallest absolute Gasteiger partial charge is 0.270 e. The molecule has 0 radical (unpaired) electrons. The number of amides is 1. The maximum atomic E-state index is 13.9. The predicted molar refractivity (Wildman–Crippen MR) is 114 cm³/mol. The van der Waals surface area contributed by atoms with Crippen LogP contribution in [0.2, 0.25) is 0 Å². The van der Waals surface area contributed by atoms with Gasteiger partial charge in [0, 0.05) is 37.5 Å². The number of H-pyrrole nitrogens is 1. The number of rotatable bonds is 6. The van der Waals surface area contributed by atoms with E-state index in [-0.39, 0.29) is 36.2 Å². The van der Waals surface area contributed by atoms with Gasteiger partial charge in [0.05, 0.1) is 11.0 Å². The minimum Gasteiger partial charge on any atom is -0.352 e. The number of aromatic amines is 1. The Bertz CT molecular complexity index is 1100. The second-order valence-corrected chi connectivity index (χ2v) is 7.76. The molecule has 30 heavy (non-hydrogen) atoms. The van der Waals surface area contributed by atoms with Gasteiger partial charge in [-0.25, -0.2) is 9.37 Å². The fraction of sp³-hybridized carbons (Fsp3) is 0.348. The average Bonchev–Trinajstić information content (AvgIpc) is 2.74. The third-order valence-electron chi connectivity index (χ3n) is 5.48. The molecule has 1 saturated heterocycles. The minimum atomic E-state index is -0.254. The first-order chi connectivity index (χ1) is 14.6. The van der Waals surface area contributed by atoms with Crippen LogP contribution in [-0.4, -0.2) is 39.9 Å². The molecule has 0 unspecified atom stereocenters. The Balaban J connectivity index is 1.31. The molecule has 0 aliphatic carbocycles. The second kappa shape index (κ2) is 9.17. The SMILES string of the molecule is O=C(CCc1nc2ccccc2[nH]c1=O)N[C@@H]1CCCN(Cc2ccccc2F)C1. The number of likely N-dealkylation sites (tertiary alicyclic amines) is 1. The number of carbonyl (C=O) groups is 1. The van der Waals surface area contributed by atoms with E-state index in [4.69, 9.17) is 0 Å². The molecule has 3 aromatic rings. The van der Waals surface area contributed by atoms with Gasteiger partial charge in [-0.05, 0) is 37.6 Å².